The SMILES string of the molecule is O.O=C(O)Cc1cn(C(NC(c2ccccc2)c2ccccc2)c2ccccc2)c2ccccc12. The first-order valence-corrected chi connectivity index (χ1v) is 11.4. The predicted molar refractivity (Wildman–Crippen MR) is 139 cm³/mol. The van der Waals surface area contributed by atoms with Crippen molar-refractivity contribution in [3.05, 3.63) is 144 Å². The lowest BCUT2D eigenvalue weighted by Crippen LogP contribution is -2.32. The van der Waals surface area contributed by atoms with Gasteiger partial charge in [-0.15, -0.1) is 0 Å². The third-order valence-electron chi connectivity index (χ3n) is 6.15. The Kier molecular flexibility index (Phi) is 7.41. The summed E-state index contributed by atoms with van der Waals surface area (Å²) in [5.41, 5.74) is 5.23. The van der Waals surface area contributed by atoms with Gasteiger partial charge >= 0.3 is 5.97 Å². The second-order valence-electron chi connectivity index (χ2n) is 8.38. The first-order valence-electron chi connectivity index (χ1n) is 11.4. The lowest BCUT2D eigenvalue weighted by molar-refractivity contribution is -0.136. The molecule has 5 nitrogen and oxygen atoms in total. The number of rotatable bonds is 8. The smallest absolute Gasteiger partial charge is 0.307 e. The number of carboxylic acids is 1. The van der Waals surface area contributed by atoms with Gasteiger partial charge in [-0.05, 0) is 28.3 Å². The highest BCUT2D eigenvalue weighted by molar-refractivity contribution is 5.87. The van der Waals surface area contributed by atoms with Crippen molar-refractivity contribution in [2.45, 2.75) is 18.6 Å². The van der Waals surface area contributed by atoms with Crippen molar-refractivity contribution in [3.8, 4) is 0 Å². The fourth-order valence-electron chi connectivity index (χ4n) is 4.60. The molecular formula is C30H28N2O3. The normalized spacial score (nSPS) is 11.8. The van der Waals surface area contributed by atoms with Crippen LogP contribution in [0, 0.1) is 0 Å². The monoisotopic (exact) mass is 464 g/mol. The molecule has 1 unspecified atom stereocenters. The Bertz CT molecular complexity index is 1340. The Morgan fingerprint density at radius 2 is 1.20 bits per heavy atom. The van der Waals surface area contributed by atoms with E-state index in [0.29, 0.717) is 0 Å². The summed E-state index contributed by atoms with van der Waals surface area (Å²) in [6.07, 6.45) is 1.76. The van der Waals surface area contributed by atoms with Crippen LogP contribution in [-0.2, 0) is 11.2 Å². The summed E-state index contributed by atoms with van der Waals surface area (Å²) in [5.74, 6) is -0.835. The van der Waals surface area contributed by atoms with E-state index < -0.39 is 5.97 Å². The summed E-state index contributed by atoms with van der Waals surface area (Å²) in [4.78, 5) is 11.6. The second-order valence-corrected chi connectivity index (χ2v) is 8.38. The van der Waals surface area contributed by atoms with Gasteiger partial charge in [0.05, 0.1) is 12.5 Å². The van der Waals surface area contributed by atoms with Crippen LogP contribution in [0.15, 0.2) is 121 Å². The molecule has 0 aliphatic carbocycles. The Balaban J connectivity index is 0.00000289. The van der Waals surface area contributed by atoms with Gasteiger partial charge in [0.1, 0.15) is 6.17 Å². The van der Waals surface area contributed by atoms with Crippen LogP contribution in [0.2, 0.25) is 0 Å². The van der Waals surface area contributed by atoms with Gasteiger partial charge in [-0.3, -0.25) is 10.1 Å². The third kappa shape index (κ3) is 5.17. The number of carbonyl (C=O) groups is 1. The number of nitrogens with one attached hydrogen (secondary N) is 1. The standard InChI is InChI=1S/C30H26N2O2.H2O/c33-28(34)20-25-21-32(27-19-11-10-18-26(25)27)30(24-16-8-3-9-17-24)31-29(22-12-4-1-5-13-22)23-14-6-2-7-15-23;/h1-19,21,29-31H,20H2,(H,33,34);1H2. The molecule has 0 spiro atoms. The summed E-state index contributed by atoms with van der Waals surface area (Å²) in [6, 6.07) is 39.1. The summed E-state index contributed by atoms with van der Waals surface area (Å²) in [5, 5.41) is 14.4. The zero-order valence-corrected chi connectivity index (χ0v) is 19.2. The number of hydrogen-bond acceptors (Lipinski definition) is 2. The molecule has 0 aliphatic rings. The molecule has 1 heterocycles. The fraction of sp³-hybridized carbons (Fsp3) is 0.100. The Hall–Kier alpha value is -4.19. The van der Waals surface area contributed by atoms with Crippen molar-refractivity contribution >= 4 is 16.9 Å². The van der Waals surface area contributed by atoms with E-state index in [9.17, 15) is 9.90 Å². The highest BCUT2D eigenvalue weighted by Gasteiger charge is 2.24. The molecule has 176 valence electrons. The Labute approximate surface area is 204 Å². The van der Waals surface area contributed by atoms with Crippen LogP contribution in [0.4, 0.5) is 0 Å². The number of hydrogen-bond donors (Lipinski definition) is 2. The van der Waals surface area contributed by atoms with Gasteiger partial charge in [0.25, 0.3) is 0 Å². The van der Waals surface area contributed by atoms with Crippen molar-refractivity contribution in [1.82, 2.24) is 9.88 Å². The number of para-hydroxylation sites is 1. The van der Waals surface area contributed by atoms with Crippen LogP contribution in [0.5, 0.6) is 0 Å². The maximum absolute atomic E-state index is 11.6. The van der Waals surface area contributed by atoms with Gasteiger partial charge in [-0.25, -0.2) is 0 Å². The molecule has 0 aliphatic heterocycles. The molecular weight excluding hydrogens is 436 g/mol. The molecule has 5 heteroatoms. The molecule has 4 aromatic carbocycles. The lowest BCUT2D eigenvalue weighted by Gasteiger charge is -2.29. The molecule has 35 heavy (non-hydrogen) atoms. The molecule has 5 aromatic rings. The van der Waals surface area contributed by atoms with Crippen LogP contribution in [0.25, 0.3) is 10.9 Å². The van der Waals surface area contributed by atoms with Crippen molar-refractivity contribution in [1.29, 1.82) is 0 Å². The van der Waals surface area contributed by atoms with Crippen LogP contribution in [0.3, 0.4) is 0 Å². The molecule has 1 atom stereocenters. The van der Waals surface area contributed by atoms with E-state index in [4.69, 9.17) is 0 Å². The number of carboxylic acid groups (broad SMARTS) is 1. The number of aliphatic carboxylic acids is 1. The zero-order chi connectivity index (χ0) is 23.3. The number of aromatic nitrogens is 1. The quantitative estimate of drug-likeness (QED) is 0.324. The van der Waals surface area contributed by atoms with Crippen LogP contribution < -0.4 is 5.32 Å². The minimum Gasteiger partial charge on any atom is -0.481 e. The van der Waals surface area contributed by atoms with Gasteiger partial charge in [-0.2, -0.15) is 0 Å². The molecule has 1 aromatic heterocycles. The topological polar surface area (TPSA) is 85.8 Å². The largest absolute Gasteiger partial charge is 0.481 e. The minimum absolute atomic E-state index is 0. The predicted octanol–water partition coefficient (Wildman–Crippen LogP) is 5.37. The van der Waals surface area contributed by atoms with Gasteiger partial charge in [-0.1, -0.05) is 109 Å². The van der Waals surface area contributed by atoms with E-state index in [1.807, 2.05) is 54.7 Å². The Morgan fingerprint density at radius 1 is 0.714 bits per heavy atom. The average molecular weight is 465 g/mol. The van der Waals surface area contributed by atoms with Crippen molar-refractivity contribution < 1.29 is 15.4 Å². The molecule has 4 N–H and O–H groups in total. The molecule has 5 rings (SSSR count). The van der Waals surface area contributed by atoms with Crippen molar-refractivity contribution in [2.24, 2.45) is 0 Å². The van der Waals surface area contributed by atoms with Crippen molar-refractivity contribution in [2.75, 3.05) is 0 Å². The summed E-state index contributed by atoms with van der Waals surface area (Å²) in [7, 11) is 0. The number of fused-ring (bicyclic) bond motifs is 1. The Morgan fingerprint density at radius 3 is 1.74 bits per heavy atom. The molecule has 0 amide bonds. The van der Waals surface area contributed by atoms with E-state index >= 15 is 0 Å². The zero-order valence-electron chi connectivity index (χ0n) is 19.2. The maximum atomic E-state index is 11.6. The molecule has 0 saturated heterocycles. The fourth-order valence-corrected chi connectivity index (χ4v) is 4.60. The van der Waals surface area contributed by atoms with Crippen LogP contribution in [-0.4, -0.2) is 21.1 Å². The van der Waals surface area contributed by atoms with Crippen LogP contribution >= 0.6 is 0 Å². The van der Waals surface area contributed by atoms with Gasteiger partial charge in [0, 0.05) is 17.1 Å². The second kappa shape index (κ2) is 10.8. The maximum Gasteiger partial charge on any atom is 0.307 e. The summed E-state index contributed by atoms with van der Waals surface area (Å²) in [6.45, 7) is 0. The van der Waals surface area contributed by atoms with Gasteiger partial charge in [0.15, 0.2) is 0 Å². The van der Waals surface area contributed by atoms with E-state index in [1.54, 1.807) is 0 Å². The lowest BCUT2D eigenvalue weighted by atomic mass is 9.97. The number of benzene rings is 4. The highest BCUT2D eigenvalue weighted by atomic mass is 16.4. The molecule has 0 bridgehead atoms. The summed E-state index contributed by atoms with van der Waals surface area (Å²) >= 11 is 0. The number of nitrogens with zero attached hydrogens (tertiary/aromatic N) is 1. The third-order valence-corrected chi connectivity index (χ3v) is 6.15. The molecule has 0 saturated carbocycles. The first kappa shape index (κ1) is 24.0. The van der Waals surface area contributed by atoms with Crippen molar-refractivity contribution in [3.63, 3.8) is 0 Å². The van der Waals surface area contributed by atoms with Gasteiger partial charge < -0.3 is 15.1 Å². The molecule has 0 fully saturated rings. The highest BCUT2D eigenvalue weighted by Crippen LogP contribution is 2.31. The van der Waals surface area contributed by atoms with E-state index in [1.165, 1.54) is 0 Å². The minimum atomic E-state index is -0.835. The van der Waals surface area contributed by atoms with Gasteiger partial charge in [0.2, 0.25) is 0 Å². The summed E-state index contributed by atoms with van der Waals surface area (Å²) < 4.78 is 2.17. The van der Waals surface area contributed by atoms with E-state index in [0.717, 1.165) is 33.2 Å². The van der Waals surface area contributed by atoms with E-state index in [2.05, 4.69) is 76.6 Å². The first-order chi connectivity index (χ1) is 16.7. The van der Waals surface area contributed by atoms with Crippen LogP contribution in [0.1, 0.15) is 34.5 Å². The molecule has 0 radical (unpaired) electrons. The average Bonchev–Trinajstić information content (AvgIpc) is 3.24. The van der Waals surface area contributed by atoms with E-state index in [-0.39, 0.29) is 24.1 Å².